The van der Waals surface area contributed by atoms with Crippen LogP contribution in [0.3, 0.4) is 0 Å². The average molecular weight is 230 g/mol. The number of rotatable bonds is 6. The van der Waals surface area contributed by atoms with Gasteiger partial charge in [0.2, 0.25) is 0 Å². The predicted molar refractivity (Wildman–Crippen MR) is 65.9 cm³/mol. The van der Waals surface area contributed by atoms with Gasteiger partial charge in [0.15, 0.2) is 5.78 Å². The van der Waals surface area contributed by atoms with E-state index in [0.29, 0.717) is 6.61 Å². The van der Waals surface area contributed by atoms with Crippen LogP contribution in [0.1, 0.15) is 5.56 Å². The first-order chi connectivity index (χ1) is 8.28. The van der Waals surface area contributed by atoms with E-state index in [2.05, 4.69) is 6.58 Å². The minimum Gasteiger partial charge on any atom is -0.491 e. The molecule has 1 aromatic carbocycles. The minimum absolute atomic E-state index is 0.101. The van der Waals surface area contributed by atoms with Crippen molar-refractivity contribution in [3.8, 4) is 5.75 Å². The van der Waals surface area contributed by atoms with Crippen molar-refractivity contribution in [3.05, 3.63) is 48.6 Å². The molecule has 1 aliphatic rings. The van der Waals surface area contributed by atoms with Gasteiger partial charge in [0.1, 0.15) is 18.5 Å². The highest BCUT2D eigenvalue weighted by molar-refractivity contribution is 6.01. The quantitative estimate of drug-likeness (QED) is 0.555. The molecular formula is C14H14O3. The van der Waals surface area contributed by atoms with Gasteiger partial charge in [-0.3, -0.25) is 4.79 Å². The first-order valence-electron chi connectivity index (χ1n) is 5.47. The fourth-order valence-electron chi connectivity index (χ4n) is 1.28. The third-order valence-electron chi connectivity index (χ3n) is 2.36. The Labute approximate surface area is 100 Å². The summed E-state index contributed by atoms with van der Waals surface area (Å²) in [5.41, 5.74) is 0.954. The van der Waals surface area contributed by atoms with Crippen LogP contribution in [0, 0.1) is 0 Å². The van der Waals surface area contributed by atoms with E-state index in [1.54, 1.807) is 6.08 Å². The third kappa shape index (κ3) is 3.89. The van der Waals surface area contributed by atoms with Crippen LogP contribution in [-0.2, 0) is 9.53 Å². The van der Waals surface area contributed by atoms with Crippen molar-refractivity contribution in [3.63, 3.8) is 0 Å². The van der Waals surface area contributed by atoms with Crippen LogP contribution in [0.2, 0.25) is 0 Å². The highest BCUT2D eigenvalue weighted by Gasteiger charge is 2.22. The van der Waals surface area contributed by atoms with Crippen LogP contribution in [0.5, 0.6) is 5.75 Å². The van der Waals surface area contributed by atoms with Gasteiger partial charge in [-0.1, -0.05) is 24.8 Å². The van der Waals surface area contributed by atoms with Crippen molar-refractivity contribution in [2.45, 2.75) is 6.10 Å². The zero-order valence-electron chi connectivity index (χ0n) is 9.46. The Hall–Kier alpha value is -1.87. The van der Waals surface area contributed by atoms with Crippen molar-refractivity contribution < 1.29 is 14.3 Å². The summed E-state index contributed by atoms with van der Waals surface area (Å²) < 4.78 is 10.5. The van der Waals surface area contributed by atoms with E-state index in [0.717, 1.165) is 17.9 Å². The first-order valence-corrected chi connectivity index (χ1v) is 5.47. The minimum atomic E-state index is -0.101. The van der Waals surface area contributed by atoms with Crippen LogP contribution in [0.15, 0.2) is 43.0 Å². The molecule has 88 valence electrons. The van der Waals surface area contributed by atoms with E-state index in [1.165, 1.54) is 12.2 Å². The molecule has 0 N–H and O–H groups in total. The van der Waals surface area contributed by atoms with Gasteiger partial charge >= 0.3 is 0 Å². The largest absolute Gasteiger partial charge is 0.491 e. The summed E-state index contributed by atoms with van der Waals surface area (Å²) in [5.74, 6) is 0.712. The molecular weight excluding hydrogens is 216 g/mol. The molecule has 0 bridgehead atoms. The number of hydrogen-bond acceptors (Lipinski definition) is 3. The van der Waals surface area contributed by atoms with Crippen LogP contribution in [-0.4, -0.2) is 25.1 Å². The second kappa shape index (κ2) is 5.46. The lowest BCUT2D eigenvalue weighted by atomic mass is 10.2. The standard InChI is InChI=1S/C14H14O3/c1-2-12(15)6-3-11-4-7-13(8-5-11)16-9-14-10-17-14/h2-8,14H,1,9-10H2. The number of benzene rings is 1. The van der Waals surface area contributed by atoms with Crippen LogP contribution >= 0.6 is 0 Å². The molecule has 17 heavy (non-hydrogen) atoms. The number of allylic oxidation sites excluding steroid dienone is 2. The van der Waals surface area contributed by atoms with Crippen molar-refractivity contribution in [1.29, 1.82) is 0 Å². The number of carbonyl (C=O) groups excluding carboxylic acids is 1. The van der Waals surface area contributed by atoms with E-state index in [4.69, 9.17) is 9.47 Å². The lowest BCUT2D eigenvalue weighted by molar-refractivity contribution is -0.110. The van der Waals surface area contributed by atoms with Crippen molar-refractivity contribution in [1.82, 2.24) is 0 Å². The Morgan fingerprint density at radius 3 is 2.76 bits per heavy atom. The molecule has 1 heterocycles. The van der Waals surface area contributed by atoms with Crippen LogP contribution in [0.4, 0.5) is 0 Å². The molecule has 3 nitrogen and oxygen atoms in total. The maximum absolute atomic E-state index is 11.0. The normalized spacial score (nSPS) is 18.0. The zero-order chi connectivity index (χ0) is 12.1. The predicted octanol–water partition coefficient (Wildman–Crippen LogP) is 2.23. The molecule has 1 aliphatic heterocycles. The van der Waals surface area contributed by atoms with Gasteiger partial charge in [0, 0.05) is 0 Å². The van der Waals surface area contributed by atoms with Gasteiger partial charge in [-0.05, 0) is 29.8 Å². The Morgan fingerprint density at radius 1 is 1.47 bits per heavy atom. The molecule has 0 spiro atoms. The Kier molecular flexibility index (Phi) is 3.73. The second-order valence-electron chi connectivity index (χ2n) is 3.78. The SMILES string of the molecule is C=CC(=O)C=Cc1ccc(OCC2CO2)cc1. The fourth-order valence-corrected chi connectivity index (χ4v) is 1.28. The fraction of sp³-hybridized carbons (Fsp3) is 0.214. The Balaban J connectivity index is 1.89. The molecule has 0 radical (unpaired) electrons. The maximum Gasteiger partial charge on any atom is 0.178 e. The lowest BCUT2D eigenvalue weighted by Gasteiger charge is -2.03. The van der Waals surface area contributed by atoms with E-state index in [1.807, 2.05) is 24.3 Å². The number of epoxide rings is 1. The van der Waals surface area contributed by atoms with Gasteiger partial charge in [-0.15, -0.1) is 0 Å². The van der Waals surface area contributed by atoms with Crippen molar-refractivity contribution in [2.24, 2.45) is 0 Å². The lowest BCUT2D eigenvalue weighted by Crippen LogP contribution is -2.03. The smallest absolute Gasteiger partial charge is 0.178 e. The summed E-state index contributed by atoms with van der Waals surface area (Å²) in [5, 5.41) is 0. The maximum atomic E-state index is 11.0. The highest BCUT2D eigenvalue weighted by atomic mass is 16.6. The molecule has 3 heteroatoms. The summed E-state index contributed by atoms with van der Waals surface area (Å²) in [6, 6.07) is 7.55. The summed E-state index contributed by atoms with van der Waals surface area (Å²) in [6.45, 7) is 4.80. The van der Waals surface area contributed by atoms with Crippen molar-refractivity contribution >= 4 is 11.9 Å². The number of ether oxygens (including phenoxy) is 2. The molecule has 0 aliphatic carbocycles. The molecule has 1 saturated heterocycles. The average Bonchev–Trinajstić information content (AvgIpc) is 3.18. The van der Waals surface area contributed by atoms with E-state index < -0.39 is 0 Å². The van der Waals surface area contributed by atoms with Crippen molar-refractivity contribution in [2.75, 3.05) is 13.2 Å². The topological polar surface area (TPSA) is 38.8 Å². The molecule has 1 fully saturated rings. The third-order valence-corrected chi connectivity index (χ3v) is 2.36. The highest BCUT2D eigenvalue weighted by Crippen LogP contribution is 2.16. The van der Waals surface area contributed by atoms with Gasteiger partial charge in [0.25, 0.3) is 0 Å². The summed E-state index contributed by atoms with van der Waals surface area (Å²) in [7, 11) is 0. The molecule has 1 aromatic rings. The van der Waals surface area contributed by atoms with E-state index in [9.17, 15) is 4.79 Å². The molecule has 0 amide bonds. The number of carbonyl (C=O) groups is 1. The summed E-state index contributed by atoms with van der Waals surface area (Å²) in [4.78, 5) is 11.0. The summed E-state index contributed by atoms with van der Waals surface area (Å²) >= 11 is 0. The van der Waals surface area contributed by atoms with Gasteiger partial charge in [-0.2, -0.15) is 0 Å². The molecule has 0 saturated carbocycles. The molecule has 1 unspecified atom stereocenters. The van der Waals surface area contributed by atoms with E-state index in [-0.39, 0.29) is 11.9 Å². The Morgan fingerprint density at radius 2 is 2.18 bits per heavy atom. The van der Waals surface area contributed by atoms with E-state index >= 15 is 0 Å². The summed E-state index contributed by atoms with van der Waals surface area (Å²) in [6.07, 6.45) is 4.78. The monoisotopic (exact) mass is 230 g/mol. The van der Waals surface area contributed by atoms with Gasteiger partial charge < -0.3 is 9.47 Å². The Bertz CT molecular complexity index is 427. The second-order valence-corrected chi connectivity index (χ2v) is 3.78. The number of ketones is 1. The molecule has 2 rings (SSSR count). The zero-order valence-corrected chi connectivity index (χ0v) is 9.46. The molecule has 1 atom stereocenters. The van der Waals surface area contributed by atoms with Gasteiger partial charge in [0.05, 0.1) is 6.61 Å². The van der Waals surface area contributed by atoms with Gasteiger partial charge in [-0.25, -0.2) is 0 Å². The number of hydrogen-bond donors (Lipinski definition) is 0. The molecule has 0 aromatic heterocycles. The van der Waals surface area contributed by atoms with Crippen LogP contribution < -0.4 is 4.74 Å². The first kappa shape index (κ1) is 11.6. The van der Waals surface area contributed by atoms with Crippen LogP contribution in [0.25, 0.3) is 6.08 Å².